The van der Waals surface area contributed by atoms with Crippen LogP contribution >= 0.6 is 66.1 Å². The molecule has 0 fully saturated rings. The fourth-order valence-corrected chi connectivity index (χ4v) is 34.2. The molecule has 11 aromatic carbocycles. The Morgan fingerprint density at radius 3 is 0.787 bits per heavy atom. The fraction of sp³-hybridized carbons (Fsp3) is 0.0147. The number of cyclic esters (lactones) is 1. The van der Waals surface area contributed by atoms with E-state index >= 15 is 0 Å². The normalized spacial score (nSPS) is 19.8. The van der Waals surface area contributed by atoms with E-state index in [9.17, 15) is 4.79 Å². The first-order valence-electron chi connectivity index (χ1n) is 29.7. The van der Waals surface area contributed by atoms with E-state index in [4.69, 9.17) is 63.4 Å². The smallest absolute Gasteiger partial charge is 0.352 e. The zero-order valence-electron chi connectivity index (χ0n) is 49.8. The van der Waals surface area contributed by atoms with Crippen molar-refractivity contribution in [2.45, 2.75) is 5.60 Å². The molecule has 11 aromatic rings. The molecule has 0 saturated carbocycles. The van der Waals surface area contributed by atoms with Crippen molar-refractivity contribution in [2.75, 3.05) is 40.7 Å². The van der Waals surface area contributed by atoms with Crippen LogP contribution < -0.4 is 49.7 Å². The lowest BCUT2D eigenvalue weighted by Crippen LogP contribution is -2.29. The maximum atomic E-state index is 14.3. The molecule has 26 heteroatoms. The van der Waals surface area contributed by atoms with Crippen LogP contribution in [0.3, 0.4) is 0 Å². The van der Waals surface area contributed by atoms with E-state index in [0.29, 0.717) is 33.8 Å². The zero-order valence-corrected chi connectivity index (χ0v) is 56.7. The van der Waals surface area contributed by atoms with E-state index in [1.807, 2.05) is 285 Å². The molecule has 94 heavy (non-hydrogen) atoms. The minimum Gasteiger partial charge on any atom is -0.441 e. The highest BCUT2D eigenvalue weighted by Crippen LogP contribution is 2.81. The minimum absolute atomic E-state index is 0.348. The molecule has 0 bridgehead atoms. The van der Waals surface area contributed by atoms with E-state index in [1.54, 1.807) is 30.3 Å². The third-order valence-electron chi connectivity index (χ3n) is 14.7. The lowest BCUT2D eigenvalue weighted by Gasteiger charge is -2.35. The average molecular weight is 1390 g/mol. The van der Waals surface area contributed by atoms with Gasteiger partial charge in [0.1, 0.15) is 11.5 Å². The summed E-state index contributed by atoms with van der Waals surface area (Å²) < 4.78 is 53.6. The van der Waals surface area contributed by atoms with Crippen LogP contribution in [-0.2, 0) is 10.3 Å². The van der Waals surface area contributed by atoms with Crippen LogP contribution in [0.2, 0.25) is 0 Å². The van der Waals surface area contributed by atoms with Crippen molar-refractivity contribution < 1.29 is 18.6 Å². The van der Waals surface area contributed by atoms with Crippen LogP contribution in [0, 0.1) is 0 Å². The summed E-state index contributed by atoms with van der Waals surface area (Å²) in [7, 11) is -13.7. The SMILES string of the molecule is O=C1OC(c2ccc(OP3(Cl)=NP(Nc4ccccc4)(Nc4ccccc4)=NP(Nc4ccccc4)(Nc4ccccc4)=N3)cc2)(c2ccc(OP3(Cl)=NP(Nc4ccccc4)(Nc4ccccc4)=NP(Nc4ccccc4)(Nc4ccccc4)=N3)cc2)c2ccccc21. The molecule has 2 unspecified atom stereocenters. The lowest BCUT2D eigenvalue weighted by atomic mass is 9.80. The van der Waals surface area contributed by atoms with Gasteiger partial charge < -0.3 is 54.5 Å². The zero-order chi connectivity index (χ0) is 64.0. The van der Waals surface area contributed by atoms with Crippen molar-refractivity contribution in [2.24, 2.45) is 27.1 Å². The highest BCUT2D eigenvalue weighted by atomic mass is 35.7. The maximum Gasteiger partial charge on any atom is 0.352 e. The molecule has 0 aliphatic carbocycles. The summed E-state index contributed by atoms with van der Waals surface area (Å²) in [5, 5.41) is 29.6. The van der Waals surface area contributed by atoms with Crippen LogP contribution in [0.25, 0.3) is 0 Å². The number of para-hydroxylation sites is 8. The molecule has 8 N–H and O–H groups in total. The summed E-state index contributed by atoms with van der Waals surface area (Å²) in [5.74, 6) is 0.199. The van der Waals surface area contributed by atoms with E-state index < -0.39 is 55.2 Å². The first-order chi connectivity index (χ1) is 45.8. The summed E-state index contributed by atoms with van der Waals surface area (Å²) in [4.78, 5) is 14.3. The Morgan fingerprint density at radius 2 is 0.521 bits per heavy atom. The first-order valence-corrected chi connectivity index (χ1v) is 41.5. The lowest BCUT2D eigenvalue weighted by molar-refractivity contribution is 0.0251. The van der Waals surface area contributed by atoms with Gasteiger partial charge in [-0.25, -0.2) is 4.79 Å². The van der Waals surface area contributed by atoms with Crippen LogP contribution in [-0.4, -0.2) is 5.97 Å². The Balaban J connectivity index is 0.868. The topological polar surface area (TPSA) is 215 Å². The van der Waals surface area contributed by atoms with Crippen LogP contribution in [0.4, 0.5) is 45.5 Å². The van der Waals surface area contributed by atoms with Gasteiger partial charge in [-0.15, -0.1) is 0 Å². The number of hydrogen-bond acceptors (Lipinski definition) is 18. The third-order valence-corrected chi connectivity index (χ3v) is 34.8. The van der Waals surface area contributed by atoms with Crippen LogP contribution in [0.15, 0.2) is 343 Å². The standard InChI is InChI=1S/C68H60Cl2N14O4P6/c69-89(79-91(71-55-27-9-1-10-28-55,72-56-29-11-2-12-30-56)83-92(80-89,73-57-31-13-3-14-32-57)74-58-33-15-4-16-34-58)87-63-49-45-53(46-50-63)68(66-44-26-25-43-65(66)67(85)86-68)54-47-51-64(52-48-54)88-90(70)81-93(75-59-35-17-5-18-36-59,76-60-37-19-6-20-38-60)84-94(82-90,77-61-39-21-7-22-40-61)78-62-41-23-8-24-42-62/h1-52,71-78H. The number of ether oxygens (including phenoxy) is 1. The molecule has 0 saturated heterocycles. The van der Waals surface area contributed by atoms with Crippen molar-refractivity contribution in [3.05, 3.63) is 338 Å². The third kappa shape index (κ3) is 14.0. The van der Waals surface area contributed by atoms with Gasteiger partial charge in [-0.1, -0.05) is 188 Å². The molecule has 2 atom stereocenters. The number of nitrogens with zero attached hydrogens (tertiary/aromatic N) is 6. The average Bonchev–Trinajstić information content (AvgIpc) is 1.16. The number of carbonyl (C=O) groups excluding carboxylic acids is 1. The molecule has 14 rings (SSSR count). The molecule has 470 valence electrons. The largest absolute Gasteiger partial charge is 0.441 e. The molecular formula is C68H60Cl2N14O4P6. The number of rotatable bonds is 22. The van der Waals surface area contributed by atoms with E-state index in [-0.39, 0.29) is 0 Å². The van der Waals surface area contributed by atoms with Crippen molar-refractivity contribution in [3.8, 4) is 11.5 Å². The highest BCUT2D eigenvalue weighted by Gasteiger charge is 2.49. The number of carbonyl (C=O) groups is 1. The Hall–Kier alpha value is -9.15. The second-order valence-corrected chi connectivity index (χ2v) is 37.3. The number of halogens is 2. The summed E-state index contributed by atoms with van der Waals surface area (Å²) in [6, 6.07) is 99.9. The fourth-order valence-electron chi connectivity index (χ4n) is 10.8. The quantitative estimate of drug-likeness (QED) is 0.0235. The molecule has 0 amide bonds. The predicted molar refractivity (Wildman–Crippen MR) is 394 cm³/mol. The van der Waals surface area contributed by atoms with Gasteiger partial charge in [0.15, 0.2) is 5.60 Å². The molecular weight excluding hydrogens is 1330 g/mol. The second-order valence-electron chi connectivity index (χ2n) is 21.6. The second kappa shape index (κ2) is 26.7. The van der Waals surface area contributed by atoms with Gasteiger partial charge in [0.05, 0.1) is 5.56 Å². The van der Waals surface area contributed by atoms with Crippen LogP contribution in [0.5, 0.6) is 11.5 Å². The monoisotopic (exact) mass is 1390 g/mol. The Labute approximate surface area is 555 Å². The molecule has 0 radical (unpaired) electrons. The van der Waals surface area contributed by atoms with Crippen molar-refractivity contribution >= 4 is 118 Å². The highest BCUT2D eigenvalue weighted by molar-refractivity contribution is 7.98. The van der Waals surface area contributed by atoms with E-state index in [1.165, 1.54) is 0 Å². The Bertz CT molecular complexity index is 4260. The number of benzene rings is 11. The minimum atomic E-state index is -3.83. The molecule has 3 heterocycles. The van der Waals surface area contributed by atoms with Crippen LogP contribution in [0.1, 0.15) is 27.0 Å². The van der Waals surface area contributed by atoms with Crippen molar-refractivity contribution in [1.29, 1.82) is 0 Å². The number of anilines is 8. The van der Waals surface area contributed by atoms with Gasteiger partial charge in [0, 0.05) is 62.2 Å². The maximum absolute atomic E-state index is 14.3. The summed E-state index contributed by atoms with van der Waals surface area (Å²) in [6.07, 6.45) is 0. The van der Waals surface area contributed by atoms with Crippen molar-refractivity contribution in [3.63, 3.8) is 0 Å². The first kappa shape index (κ1) is 62.3. The number of esters is 1. The molecule has 3 aliphatic rings. The molecule has 0 aromatic heterocycles. The summed E-state index contributed by atoms with van der Waals surface area (Å²) in [6.45, 7) is -7.67. The molecule has 3 aliphatic heterocycles. The van der Waals surface area contributed by atoms with Crippen molar-refractivity contribution in [1.82, 2.24) is 0 Å². The van der Waals surface area contributed by atoms with Gasteiger partial charge >= 0.3 is 19.5 Å². The number of fused-ring (bicyclic) bond motifs is 1. The van der Waals surface area contributed by atoms with E-state index in [0.717, 1.165) is 45.5 Å². The van der Waals surface area contributed by atoms with Gasteiger partial charge in [0.25, 0.3) is 30.0 Å². The Morgan fingerprint density at radius 1 is 0.287 bits per heavy atom. The Kier molecular flexibility index (Phi) is 17.7. The van der Waals surface area contributed by atoms with Gasteiger partial charge in [0.2, 0.25) is 0 Å². The number of nitrogens with one attached hydrogen (secondary N) is 8. The predicted octanol–water partition coefficient (Wildman–Crippen LogP) is 24.0. The number of hydrogen-bond donors (Lipinski definition) is 8. The summed E-state index contributed by atoms with van der Waals surface area (Å²) in [5.41, 5.74) is 6.80. The molecule has 18 nitrogen and oxygen atoms in total. The van der Waals surface area contributed by atoms with E-state index in [2.05, 4.69) is 40.7 Å². The van der Waals surface area contributed by atoms with Gasteiger partial charge in [-0.3, -0.25) is 0 Å². The summed E-state index contributed by atoms with van der Waals surface area (Å²) >= 11 is 15.9. The molecule has 0 spiro atoms. The van der Waals surface area contributed by atoms with Gasteiger partial charge in [-0.05, 0) is 150 Å². The van der Waals surface area contributed by atoms with Gasteiger partial charge in [-0.2, -0.15) is 27.1 Å².